The van der Waals surface area contributed by atoms with E-state index in [1.807, 2.05) is 25.1 Å². The van der Waals surface area contributed by atoms with Crippen LogP contribution in [0.3, 0.4) is 0 Å². The molecule has 1 aliphatic heterocycles. The molecule has 0 spiro atoms. The van der Waals surface area contributed by atoms with Crippen LogP contribution in [0.4, 0.5) is 8.78 Å². The van der Waals surface area contributed by atoms with Gasteiger partial charge < -0.3 is 9.64 Å². The van der Waals surface area contributed by atoms with Gasteiger partial charge in [0.25, 0.3) is 11.6 Å². The molecular weight excluding hydrogens is 500 g/mol. The number of benzene rings is 1. The fourth-order valence-electron chi connectivity index (χ4n) is 5.49. The summed E-state index contributed by atoms with van der Waals surface area (Å²) in [7, 11) is 0. The molecule has 3 aromatic rings. The van der Waals surface area contributed by atoms with E-state index < -0.39 is 13.0 Å². The van der Waals surface area contributed by atoms with Crippen molar-refractivity contribution in [3.8, 4) is 5.19 Å². The van der Waals surface area contributed by atoms with E-state index >= 15 is 0 Å². The minimum Gasteiger partial charge on any atom is -0.464 e. The Morgan fingerprint density at radius 2 is 1.89 bits per heavy atom. The Kier molecular flexibility index (Phi) is 8.28. The molecule has 1 aliphatic carbocycles. The van der Waals surface area contributed by atoms with E-state index in [0.717, 1.165) is 77.7 Å². The second-order valence-corrected chi connectivity index (χ2v) is 12.4. The summed E-state index contributed by atoms with van der Waals surface area (Å²) in [4.78, 5) is 25.6. The molecule has 2 aliphatic rings. The molecule has 5 rings (SSSR count). The Morgan fingerprint density at radius 1 is 1.11 bits per heavy atom. The lowest BCUT2D eigenvalue weighted by Crippen LogP contribution is -2.29. The number of nitrogens with zero attached hydrogens (tertiary/aromatic N) is 3. The fourth-order valence-corrected chi connectivity index (χ4v) is 7.25. The third-order valence-corrected chi connectivity index (χ3v) is 9.54. The van der Waals surface area contributed by atoms with Gasteiger partial charge in [-0.1, -0.05) is 24.2 Å². The molecule has 1 aromatic carbocycles. The molecule has 1 fully saturated rings. The van der Waals surface area contributed by atoms with Crippen LogP contribution in [-0.4, -0.2) is 53.3 Å². The van der Waals surface area contributed by atoms with E-state index in [-0.39, 0.29) is 5.78 Å². The zero-order chi connectivity index (χ0) is 25.1. The topological polar surface area (TPSA) is 55.3 Å². The van der Waals surface area contributed by atoms with Gasteiger partial charge in [0.2, 0.25) is 0 Å². The highest BCUT2D eigenvalue weighted by Gasteiger charge is 2.25. The Bertz CT molecular complexity index is 1160. The van der Waals surface area contributed by atoms with Crippen LogP contribution in [0.1, 0.15) is 64.5 Å². The second kappa shape index (κ2) is 11.6. The van der Waals surface area contributed by atoms with Crippen molar-refractivity contribution < 1.29 is 18.3 Å². The number of rotatable bonds is 9. The summed E-state index contributed by atoms with van der Waals surface area (Å²) in [6, 6.07) is 5.95. The standard InChI is InChI=1S/C27H33F2N3O2S2/c1-17-30-22-15-20(6-7-24(22)35-17)23(33)14-19-4-2-18(3-5-19)8-11-32-12-9-21-25(10-13-32)36-27(31-21)34-16-26(28)29/h6-7,15,18-19,26H,2-5,8-14,16H2,1H3. The van der Waals surface area contributed by atoms with E-state index in [9.17, 15) is 13.6 Å². The predicted molar refractivity (Wildman–Crippen MR) is 141 cm³/mol. The normalized spacial score (nSPS) is 21.0. The van der Waals surface area contributed by atoms with Crippen LogP contribution >= 0.6 is 22.7 Å². The number of halogens is 2. The first-order valence-electron chi connectivity index (χ1n) is 12.9. The molecule has 3 heterocycles. The molecule has 0 saturated heterocycles. The quantitative estimate of drug-likeness (QED) is 0.291. The number of carbonyl (C=O) groups excluding carboxylic acids is 1. The Balaban J connectivity index is 1.03. The molecule has 36 heavy (non-hydrogen) atoms. The van der Waals surface area contributed by atoms with E-state index in [0.29, 0.717) is 17.5 Å². The average Bonchev–Trinajstić information content (AvgIpc) is 3.38. The minimum atomic E-state index is -2.47. The van der Waals surface area contributed by atoms with Crippen LogP contribution in [0.5, 0.6) is 5.19 Å². The third-order valence-electron chi connectivity index (χ3n) is 7.52. The maximum Gasteiger partial charge on any atom is 0.273 e. The number of ketones is 1. The van der Waals surface area contributed by atoms with Gasteiger partial charge >= 0.3 is 0 Å². The van der Waals surface area contributed by atoms with Gasteiger partial charge in [-0.25, -0.2) is 18.7 Å². The Hall–Kier alpha value is -1.97. The van der Waals surface area contributed by atoms with Crippen molar-refractivity contribution in [2.75, 3.05) is 26.2 Å². The zero-order valence-electron chi connectivity index (χ0n) is 20.7. The number of hydrogen-bond donors (Lipinski definition) is 0. The first-order chi connectivity index (χ1) is 17.4. The minimum absolute atomic E-state index is 0.249. The molecule has 0 bridgehead atoms. The Labute approximate surface area is 218 Å². The van der Waals surface area contributed by atoms with Crippen LogP contribution in [0.15, 0.2) is 18.2 Å². The van der Waals surface area contributed by atoms with Crippen molar-refractivity contribution in [2.24, 2.45) is 11.8 Å². The zero-order valence-corrected chi connectivity index (χ0v) is 22.3. The average molecular weight is 534 g/mol. The molecule has 0 unspecified atom stereocenters. The molecule has 2 aromatic heterocycles. The lowest BCUT2D eigenvalue weighted by Gasteiger charge is -2.30. The van der Waals surface area contributed by atoms with Gasteiger partial charge in [-0.2, -0.15) is 0 Å². The largest absolute Gasteiger partial charge is 0.464 e. The van der Waals surface area contributed by atoms with Crippen molar-refractivity contribution in [2.45, 2.75) is 64.7 Å². The number of thiazole rings is 2. The van der Waals surface area contributed by atoms with Crippen molar-refractivity contribution in [3.63, 3.8) is 0 Å². The highest BCUT2D eigenvalue weighted by atomic mass is 32.1. The molecule has 5 nitrogen and oxygen atoms in total. The van der Waals surface area contributed by atoms with Crippen LogP contribution in [-0.2, 0) is 12.8 Å². The molecule has 9 heteroatoms. The lowest BCUT2D eigenvalue weighted by molar-refractivity contribution is 0.0816. The number of hydrogen-bond acceptors (Lipinski definition) is 7. The molecule has 0 radical (unpaired) electrons. The SMILES string of the molecule is Cc1nc2cc(C(=O)CC3CCC(CCN4CCc5nc(OCC(F)F)sc5CC4)CC3)ccc2s1. The van der Waals surface area contributed by atoms with Crippen LogP contribution in [0.2, 0.25) is 0 Å². The van der Waals surface area contributed by atoms with Crippen molar-refractivity contribution >= 4 is 38.7 Å². The number of aromatic nitrogens is 2. The summed E-state index contributed by atoms with van der Waals surface area (Å²) in [5, 5.41) is 1.41. The molecular formula is C27H33F2N3O2S2. The lowest BCUT2D eigenvalue weighted by atomic mass is 9.78. The number of alkyl halides is 2. The number of ether oxygens (including phenoxy) is 1. The molecule has 0 amide bonds. The van der Waals surface area contributed by atoms with Gasteiger partial charge in [0.15, 0.2) is 12.4 Å². The maximum atomic E-state index is 12.9. The van der Waals surface area contributed by atoms with Gasteiger partial charge in [-0.3, -0.25) is 4.79 Å². The fraction of sp³-hybridized carbons (Fsp3) is 0.593. The van der Waals surface area contributed by atoms with E-state index in [4.69, 9.17) is 4.74 Å². The smallest absolute Gasteiger partial charge is 0.273 e. The monoisotopic (exact) mass is 533 g/mol. The van der Waals surface area contributed by atoms with Crippen molar-refractivity contribution in [3.05, 3.63) is 39.3 Å². The maximum absolute atomic E-state index is 12.9. The van der Waals surface area contributed by atoms with Gasteiger partial charge in [0, 0.05) is 36.4 Å². The summed E-state index contributed by atoms with van der Waals surface area (Å²) in [6.45, 7) is 4.44. The first kappa shape index (κ1) is 25.7. The van der Waals surface area contributed by atoms with E-state index in [1.54, 1.807) is 11.3 Å². The third kappa shape index (κ3) is 6.47. The Morgan fingerprint density at radius 3 is 2.69 bits per heavy atom. The molecule has 194 valence electrons. The summed E-state index contributed by atoms with van der Waals surface area (Å²) >= 11 is 3.09. The van der Waals surface area contributed by atoms with Gasteiger partial charge in [0.1, 0.15) is 0 Å². The number of aryl methyl sites for hydroxylation is 1. The summed E-state index contributed by atoms with van der Waals surface area (Å²) < 4.78 is 31.0. The molecule has 0 N–H and O–H groups in total. The first-order valence-corrected chi connectivity index (χ1v) is 14.6. The molecule has 1 saturated carbocycles. The number of Topliss-reactive ketones (excluding diaryl/α,β-unsaturated/α-hetero) is 1. The highest BCUT2D eigenvalue weighted by Crippen LogP contribution is 2.34. The summed E-state index contributed by atoms with van der Waals surface area (Å²) in [5.74, 6) is 1.47. The van der Waals surface area contributed by atoms with Crippen LogP contribution < -0.4 is 4.74 Å². The highest BCUT2D eigenvalue weighted by molar-refractivity contribution is 7.18. The van der Waals surface area contributed by atoms with Gasteiger partial charge in [-0.15, -0.1) is 11.3 Å². The van der Waals surface area contributed by atoms with E-state index in [1.165, 1.54) is 35.5 Å². The van der Waals surface area contributed by atoms with Crippen molar-refractivity contribution in [1.82, 2.24) is 14.9 Å². The molecule has 0 atom stereocenters. The van der Waals surface area contributed by atoms with Crippen LogP contribution in [0, 0.1) is 18.8 Å². The number of fused-ring (bicyclic) bond motifs is 2. The van der Waals surface area contributed by atoms with Gasteiger partial charge in [-0.05, 0) is 69.2 Å². The van der Waals surface area contributed by atoms with Crippen molar-refractivity contribution in [1.29, 1.82) is 0 Å². The van der Waals surface area contributed by atoms with Crippen LogP contribution in [0.25, 0.3) is 10.2 Å². The number of carbonyl (C=O) groups is 1. The summed E-state index contributed by atoms with van der Waals surface area (Å²) in [6.07, 6.45) is 5.82. The van der Waals surface area contributed by atoms with E-state index in [2.05, 4.69) is 14.9 Å². The summed E-state index contributed by atoms with van der Waals surface area (Å²) in [5.41, 5.74) is 2.75. The predicted octanol–water partition coefficient (Wildman–Crippen LogP) is 6.58. The second-order valence-electron chi connectivity index (χ2n) is 10.1. The van der Waals surface area contributed by atoms with Gasteiger partial charge in [0.05, 0.1) is 20.9 Å².